The second-order valence-electron chi connectivity index (χ2n) is 4.50. The number of H-pyrrole nitrogens is 1. The van der Waals surface area contributed by atoms with Crippen LogP contribution in [0.1, 0.15) is 31.3 Å². The topological polar surface area (TPSA) is 70.0 Å². The van der Waals surface area contributed by atoms with E-state index in [-0.39, 0.29) is 17.7 Å². The first-order chi connectivity index (χ1) is 9.13. The number of benzene rings is 1. The van der Waals surface area contributed by atoms with Crippen LogP contribution in [0.25, 0.3) is 0 Å². The summed E-state index contributed by atoms with van der Waals surface area (Å²) in [5.74, 6) is 0.00213. The molecule has 5 heteroatoms. The van der Waals surface area contributed by atoms with Crippen molar-refractivity contribution in [2.24, 2.45) is 0 Å². The van der Waals surface area contributed by atoms with E-state index in [4.69, 9.17) is 0 Å². The first-order valence-corrected chi connectivity index (χ1v) is 6.43. The Morgan fingerprint density at radius 1 is 1.37 bits per heavy atom. The maximum absolute atomic E-state index is 11.9. The number of hydrogen-bond acceptors (Lipinski definition) is 3. The quantitative estimate of drug-likeness (QED) is 0.765. The van der Waals surface area contributed by atoms with Crippen LogP contribution in [0.15, 0.2) is 35.1 Å². The first-order valence-electron chi connectivity index (χ1n) is 6.43. The largest absolute Gasteiger partial charge is 0.493 e. The Balaban J connectivity index is 2.29. The Morgan fingerprint density at radius 2 is 2.05 bits per heavy atom. The second-order valence-corrected chi connectivity index (χ2v) is 4.50. The predicted octanol–water partition coefficient (Wildman–Crippen LogP) is 1.60. The molecule has 0 saturated heterocycles. The molecule has 1 heterocycles. The Labute approximate surface area is 111 Å². The molecule has 0 saturated carbocycles. The molecule has 0 bridgehead atoms. The van der Waals surface area contributed by atoms with Crippen molar-refractivity contribution in [2.45, 2.75) is 26.4 Å². The monoisotopic (exact) mass is 261 g/mol. The van der Waals surface area contributed by atoms with Gasteiger partial charge in [-0.25, -0.2) is 9.36 Å². The van der Waals surface area contributed by atoms with E-state index in [1.165, 1.54) is 4.57 Å². The summed E-state index contributed by atoms with van der Waals surface area (Å²) in [6.07, 6.45) is 0.270. The van der Waals surface area contributed by atoms with Gasteiger partial charge in [-0.15, -0.1) is 0 Å². The average Bonchev–Trinajstić information content (AvgIpc) is 2.66. The van der Waals surface area contributed by atoms with Crippen LogP contribution in [0, 0.1) is 0 Å². The molecule has 1 aromatic carbocycles. The fourth-order valence-electron chi connectivity index (χ4n) is 2.16. The van der Waals surface area contributed by atoms with E-state index >= 15 is 0 Å². The molecule has 2 rings (SSSR count). The molecule has 1 aromatic heterocycles. The lowest BCUT2D eigenvalue weighted by atomic mass is 10.1. The van der Waals surface area contributed by atoms with Crippen LogP contribution < -0.4 is 11.0 Å². The highest BCUT2D eigenvalue weighted by molar-refractivity contribution is 5.27. The number of hydrogen-bond donors (Lipinski definition) is 3. The molecule has 5 nitrogen and oxygen atoms in total. The highest BCUT2D eigenvalue weighted by Gasteiger charge is 2.17. The molecule has 0 fully saturated rings. The summed E-state index contributed by atoms with van der Waals surface area (Å²) in [4.78, 5) is 14.6. The maximum Gasteiger partial charge on any atom is 0.329 e. The zero-order valence-electron chi connectivity index (χ0n) is 11.2. The van der Waals surface area contributed by atoms with E-state index in [1.807, 2.05) is 44.2 Å². The van der Waals surface area contributed by atoms with Gasteiger partial charge in [-0.3, -0.25) is 5.32 Å². The molecule has 1 unspecified atom stereocenters. The number of aromatic nitrogens is 2. The number of nitrogens with zero attached hydrogens (tertiary/aromatic N) is 1. The van der Waals surface area contributed by atoms with Crippen LogP contribution in [0.4, 0.5) is 0 Å². The fraction of sp³-hybridized carbons (Fsp3) is 0.357. The van der Waals surface area contributed by atoms with Gasteiger partial charge in [-0.05, 0) is 19.0 Å². The van der Waals surface area contributed by atoms with Crippen LogP contribution in [-0.4, -0.2) is 21.2 Å². The molecule has 0 spiro atoms. The summed E-state index contributed by atoms with van der Waals surface area (Å²) < 4.78 is 1.34. The first kappa shape index (κ1) is 13.4. The standard InChI is InChI=1S/C14H19N3O2/c1-3-15-10(2)17-13(18)12(16-14(17)19)9-11-7-5-4-6-8-11/h4-8,10,15,18H,3,9H2,1-2H3,(H,16,19). The van der Waals surface area contributed by atoms with Gasteiger partial charge in [0.15, 0.2) is 0 Å². The van der Waals surface area contributed by atoms with Crippen LogP contribution in [0.2, 0.25) is 0 Å². The molecule has 0 amide bonds. The Hall–Kier alpha value is -2.01. The second kappa shape index (κ2) is 5.75. The van der Waals surface area contributed by atoms with E-state index in [2.05, 4.69) is 10.3 Å². The predicted molar refractivity (Wildman–Crippen MR) is 74.4 cm³/mol. The molecular formula is C14H19N3O2. The normalized spacial score (nSPS) is 12.5. The molecule has 0 radical (unpaired) electrons. The van der Waals surface area contributed by atoms with Crippen molar-refractivity contribution in [3.8, 4) is 5.88 Å². The molecule has 0 aliphatic heterocycles. The average molecular weight is 261 g/mol. The van der Waals surface area contributed by atoms with Gasteiger partial charge in [-0.1, -0.05) is 37.3 Å². The van der Waals surface area contributed by atoms with Gasteiger partial charge in [0.2, 0.25) is 5.88 Å². The van der Waals surface area contributed by atoms with Crippen molar-refractivity contribution < 1.29 is 5.11 Å². The van der Waals surface area contributed by atoms with Gasteiger partial charge in [0, 0.05) is 6.42 Å². The molecule has 0 aliphatic carbocycles. The Morgan fingerprint density at radius 3 is 2.68 bits per heavy atom. The molecule has 102 valence electrons. The van der Waals surface area contributed by atoms with E-state index in [1.54, 1.807) is 0 Å². The van der Waals surface area contributed by atoms with Crippen molar-refractivity contribution in [1.29, 1.82) is 0 Å². The van der Waals surface area contributed by atoms with Crippen molar-refractivity contribution >= 4 is 0 Å². The number of rotatable bonds is 5. The lowest BCUT2D eigenvalue weighted by molar-refractivity contribution is 0.352. The summed E-state index contributed by atoms with van der Waals surface area (Å²) in [5, 5.41) is 13.3. The van der Waals surface area contributed by atoms with Crippen molar-refractivity contribution in [1.82, 2.24) is 14.9 Å². The van der Waals surface area contributed by atoms with Crippen LogP contribution >= 0.6 is 0 Å². The lowest BCUT2D eigenvalue weighted by Crippen LogP contribution is -2.30. The van der Waals surface area contributed by atoms with Crippen molar-refractivity contribution in [3.63, 3.8) is 0 Å². The zero-order chi connectivity index (χ0) is 13.8. The molecule has 0 aliphatic rings. The van der Waals surface area contributed by atoms with Gasteiger partial charge < -0.3 is 10.1 Å². The molecular weight excluding hydrogens is 242 g/mol. The van der Waals surface area contributed by atoms with E-state index in [0.717, 1.165) is 12.1 Å². The fourth-order valence-corrected chi connectivity index (χ4v) is 2.16. The summed E-state index contributed by atoms with van der Waals surface area (Å²) in [6.45, 7) is 4.52. The zero-order valence-corrected chi connectivity index (χ0v) is 11.2. The van der Waals surface area contributed by atoms with Gasteiger partial charge in [0.05, 0.1) is 11.9 Å². The number of aromatic amines is 1. The van der Waals surface area contributed by atoms with E-state index < -0.39 is 0 Å². The molecule has 19 heavy (non-hydrogen) atoms. The minimum Gasteiger partial charge on any atom is -0.493 e. The van der Waals surface area contributed by atoms with E-state index in [9.17, 15) is 9.90 Å². The van der Waals surface area contributed by atoms with Gasteiger partial charge in [0.1, 0.15) is 0 Å². The third-order valence-electron chi connectivity index (χ3n) is 3.09. The molecule has 3 N–H and O–H groups in total. The van der Waals surface area contributed by atoms with Crippen LogP contribution in [-0.2, 0) is 6.42 Å². The third kappa shape index (κ3) is 2.88. The highest BCUT2D eigenvalue weighted by atomic mass is 16.3. The van der Waals surface area contributed by atoms with Crippen molar-refractivity contribution in [2.75, 3.05) is 6.54 Å². The molecule has 1 atom stereocenters. The number of aromatic hydroxyl groups is 1. The SMILES string of the molecule is CCNC(C)n1c(O)c(Cc2ccccc2)[nH]c1=O. The number of imidazole rings is 1. The Kier molecular flexibility index (Phi) is 4.06. The third-order valence-corrected chi connectivity index (χ3v) is 3.09. The Bertz CT molecular complexity index is 586. The van der Waals surface area contributed by atoms with E-state index in [0.29, 0.717) is 12.1 Å². The summed E-state index contributed by atoms with van der Waals surface area (Å²) >= 11 is 0. The van der Waals surface area contributed by atoms with Gasteiger partial charge in [0.25, 0.3) is 0 Å². The summed E-state index contributed by atoms with van der Waals surface area (Å²) in [5.41, 5.74) is 1.29. The minimum absolute atomic E-state index is 0.00213. The highest BCUT2D eigenvalue weighted by Crippen LogP contribution is 2.19. The maximum atomic E-state index is 11.9. The number of nitrogens with one attached hydrogen (secondary N) is 2. The summed E-state index contributed by atoms with van der Waals surface area (Å²) in [7, 11) is 0. The van der Waals surface area contributed by atoms with Crippen LogP contribution in [0.3, 0.4) is 0 Å². The van der Waals surface area contributed by atoms with Gasteiger partial charge >= 0.3 is 5.69 Å². The minimum atomic E-state index is -0.295. The van der Waals surface area contributed by atoms with Gasteiger partial charge in [-0.2, -0.15) is 0 Å². The molecule has 2 aromatic rings. The lowest BCUT2D eigenvalue weighted by Gasteiger charge is -2.13. The smallest absolute Gasteiger partial charge is 0.329 e. The summed E-state index contributed by atoms with van der Waals surface area (Å²) in [6, 6.07) is 9.72. The van der Waals surface area contributed by atoms with Crippen molar-refractivity contribution in [3.05, 3.63) is 52.1 Å². The van der Waals surface area contributed by atoms with Crippen LogP contribution in [0.5, 0.6) is 5.88 Å².